The summed E-state index contributed by atoms with van der Waals surface area (Å²) in [5, 5.41) is 17.2. The van der Waals surface area contributed by atoms with Crippen molar-refractivity contribution in [1.29, 1.82) is 0 Å². The molecule has 4 fully saturated rings. The molecule has 190 valence electrons. The Morgan fingerprint density at radius 1 is 0.972 bits per heavy atom. The number of thioether (sulfide) groups is 1. The molecule has 36 heavy (non-hydrogen) atoms. The van der Waals surface area contributed by atoms with Gasteiger partial charge in [-0.1, -0.05) is 60.8 Å². The van der Waals surface area contributed by atoms with Crippen LogP contribution in [-0.2, 0) is 12.1 Å². The number of piperidine rings is 3. The third-order valence-electron chi connectivity index (χ3n) is 8.98. The summed E-state index contributed by atoms with van der Waals surface area (Å²) in [6.07, 6.45) is 7.95. The van der Waals surface area contributed by atoms with E-state index in [1.54, 1.807) is 12.1 Å². The molecule has 1 aliphatic carbocycles. The molecule has 3 aromatic rings. The fraction of sp³-hybridized carbons (Fsp3) is 0.500. The quantitative estimate of drug-likeness (QED) is 0.369. The Morgan fingerprint density at radius 3 is 2.50 bits per heavy atom. The SMILES string of the molecule is O[C@](c1ccccc1)(c1cc(C[N+]23CCC(CC2)[C@@H](Sc2cccc(F)c2)C3)on1)C1CCCCC1. The van der Waals surface area contributed by atoms with Crippen molar-refractivity contribution in [2.45, 2.75) is 67.2 Å². The highest BCUT2D eigenvalue weighted by molar-refractivity contribution is 8.00. The predicted octanol–water partition coefficient (Wildman–Crippen LogP) is 6.53. The molecule has 4 heterocycles. The Hall–Kier alpha value is -2.15. The molecule has 2 aromatic carbocycles. The highest BCUT2D eigenvalue weighted by atomic mass is 32.2. The normalized spacial score (nSPS) is 28.2. The lowest BCUT2D eigenvalue weighted by molar-refractivity contribution is -0.954. The van der Waals surface area contributed by atoms with Gasteiger partial charge in [-0.05, 0) is 48.4 Å². The summed E-state index contributed by atoms with van der Waals surface area (Å²) in [6.45, 7) is 4.15. The predicted molar refractivity (Wildman–Crippen MR) is 140 cm³/mol. The van der Waals surface area contributed by atoms with Crippen molar-refractivity contribution in [3.63, 3.8) is 0 Å². The van der Waals surface area contributed by atoms with E-state index in [4.69, 9.17) is 4.52 Å². The minimum absolute atomic E-state index is 0.149. The molecule has 0 unspecified atom stereocenters. The Balaban J connectivity index is 1.23. The van der Waals surface area contributed by atoms with Crippen LogP contribution in [0.15, 0.2) is 70.1 Å². The smallest absolute Gasteiger partial charge is 0.191 e. The first kappa shape index (κ1) is 24.2. The van der Waals surface area contributed by atoms with Crippen LogP contribution in [0.3, 0.4) is 0 Å². The van der Waals surface area contributed by atoms with Gasteiger partial charge in [-0.2, -0.15) is 0 Å². The van der Waals surface area contributed by atoms with Crippen LogP contribution in [0.25, 0.3) is 0 Å². The molecule has 1 saturated carbocycles. The third kappa shape index (κ3) is 4.64. The maximum absolute atomic E-state index is 13.8. The minimum atomic E-state index is -1.12. The molecule has 6 heteroatoms. The van der Waals surface area contributed by atoms with Crippen molar-refractivity contribution < 1.29 is 18.5 Å². The minimum Gasteiger partial charge on any atom is -0.378 e. The topological polar surface area (TPSA) is 46.3 Å². The van der Waals surface area contributed by atoms with E-state index in [1.807, 2.05) is 54.2 Å². The third-order valence-corrected chi connectivity index (χ3v) is 10.3. The molecular formula is C30H36FN2O2S+. The van der Waals surface area contributed by atoms with Crippen molar-refractivity contribution in [2.24, 2.45) is 11.8 Å². The summed E-state index contributed by atoms with van der Waals surface area (Å²) < 4.78 is 20.7. The number of halogens is 1. The largest absolute Gasteiger partial charge is 0.378 e. The van der Waals surface area contributed by atoms with Gasteiger partial charge in [0.05, 0.1) is 24.9 Å². The van der Waals surface area contributed by atoms with E-state index in [2.05, 4.69) is 5.16 Å². The number of rotatable bonds is 7. The fourth-order valence-electron chi connectivity index (χ4n) is 6.99. The summed E-state index contributed by atoms with van der Waals surface area (Å²) in [5.41, 5.74) is 0.453. The van der Waals surface area contributed by atoms with E-state index in [0.717, 1.165) is 72.6 Å². The van der Waals surface area contributed by atoms with Crippen LogP contribution in [0.1, 0.15) is 62.0 Å². The van der Waals surface area contributed by atoms with E-state index < -0.39 is 5.60 Å². The van der Waals surface area contributed by atoms with Gasteiger partial charge in [-0.3, -0.25) is 0 Å². The molecule has 2 atom stereocenters. The number of hydrogen-bond donors (Lipinski definition) is 1. The second-order valence-corrected chi connectivity index (χ2v) is 12.5. The lowest BCUT2D eigenvalue weighted by Gasteiger charge is -2.52. The van der Waals surface area contributed by atoms with Gasteiger partial charge in [0.2, 0.25) is 0 Å². The molecule has 3 aliphatic heterocycles. The second kappa shape index (κ2) is 9.96. The number of aliphatic hydroxyl groups is 1. The number of hydrogen-bond acceptors (Lipinski definition) is 4. The monoisotopic (exact) mass is 507 g/mol. The van der Waals surface area contributed by atoms with Crippen molar-refractivity contribution in [3.8, 4) is 0 Å². The molecule has 4 nitrogen and oxygen atoms in total. The van der Waals surface area contributed by atoms with E-state index in [0.29, 0.717) is 16.9 Å². The van der Waals surface area contributed by atoms with Crippen molar-refractivity contribution in [1.82, 2.24) is 5.16 Å². The van der Waals surface area contributed by atoms with Gasteiger partial charge in [0, 0.05) is 23.8 Å². The van der Waals surface area contributed by atoms with Crippen LogP contribution in [0.5, 0.6) is 0 Å². The van der Waals surface area contributed by atoms with Crippen molar-refractivity contribution >= 4 is 11.8 Å². The molecule has 3 saturated heterocycles. The molecule has 7 rings (SSSR count). The zero-order valence-electron chi connectivity index (χ0n) is 20.8. The maximum atomic E-state index is 13.8. The van der Waals surface area contributed by atoms with Crippen molar-refractivity contribution in [3.05, 3.63) is 83.5 Å². The van der Waals surface area contributed by atoms with Gasteiger partial charge in [0.15, 0.2) is 5.76 Å². The number of quaternary nitrogens is 1. The van der Waals surface area contributed by atoms with E-state index in [9.17, 15) is 9.50 Å². The molecule has 0 spiro atoms. The molecule has 0 radical (unpaired) electrons. The summed E-state index contributed by atoms with van der Waals surface area (Å²) in [6, 6.07) is 19.1. The number of fused-ring (bicyclic) bond motifs is 3. The highest BCUT2D eigenvalue weighted by Crippen LogP contribution is 2.45. The number of benzene rings is 2. The number of nitrogens with zero attached hydrogens (tertiary/aromatic N) is 2. The molecule has 1 N–H and O–H groups in total. The van der Waals surface area contributed by atoms with Crippen LogP contribution < -0.4 is 0 Å². The van der Waals surface area contributed by atoms with E-state index in [1.165, 1.54) is 25.3 Å². The zero-order chi connectivity index (χ0) is 24.6. The fourth-order valence-corrected chi connectivity index (χ4v) is 8.54. The second-order valence-electron chi connectivity index (χ2n) is 11.2. The van der Waals surface area contributed by atoms with Crippen LogP contribution in [0.4, 0.5) is 4.39 Å². The summed E-state index contributed by atoms with van der Waals surface area (Å²) in [4.78, 5) is 1.02. The van der Waals surface area contributed by atoms with Gasteiger partial charge in [0.1, 0.15) is 23.7 Å². The first-order valence-corrected chi connectivity index (χ1v) is 14.4. The average Bonchev–Trinajstić information content (AvgIpc) is 3.38. The summed E-state index contributed by atoms with van der Waals surface area (Å²) >= 11 is 1.83. The van der Waals surface area contributed by atoms with Gasteiger partial charge in [-0.15, -0.1) is 11.8 Å². The van der Waals surface area contributed by atoms with Gasteiger partial charge >= 0.3 is 0 Å². The molecule has 2 bridgehead atoms. The maximum Gasteiger partial charge on any atom is 0.191 e. The Bertz CT molecular complexity index is 1170. The van der Waals surface area contributed by atoms with E-state index in [-0.39, 0.29) is 11.7 Å². The molecule has 0 amide bonds. The Morgan fingerprint density at radius 2 is 1.75 bits per heavy atom. The highest BCUT2D eigenvalue weighted by Gasteiger charge is 2.48. The van der Waals surface area contributed by atoms with Gasteiger partial charge in [0.25, 0.3) is 0 Å². The Labute approximate surface area is 217 Å². The number of aromatic nitrogens is 1. The van der Waals surface area contributed by atoms with Crippen LogP contribution >= 0.6 is 11.8 Å². The van der Waals surface area contributed by atoms with Crippen LogP contribution in [0, 0.1) is 17.7 Å². The lowest BCUT2D eigenvalue weighted by atomic mass is 9.71. The first-order valence-electron chi connectivity index (χ1n) is 13.6. The first-order chi connectivity index (χ1) is 17.5. The molecular weight excluding hydrogens is 471 g/mol. The molecule has 4 aliphatic rings. The lowest BCUT2D eigenvalue weighted by Crippen LogP contribution is -2.62. The van der Waals surface area contributed by atoms with Gasteiger partial charge < -0.3 is 14.1 Å². The van der Waals surface area contributed by atoms with E-state index >= 15 is 0 Å². The summed E-state index contributed by atoms with van der Waals surface area (Å²) in [7, 11) is 0. The zero-order valence-corrected chi connectivity index (χ0v) is 21.6. The average molecular weight is 508 g/mol. The van der Waals surface area contributed by atoms with Crippen LogP contribution in [-0.4, -0.2) is 39.6 Å². The summed E-state index contributed by atoms with van der Waals surface area (Å²) in [5.74, 6) is 1.54. The van der Waals surface area contributed by atoms with Crippen molar-refractivity contribution in [2.75, 3.05) is 19.6 Å². The van der Waals surface area contributed by atoms with Crippen LogP contribution in [0.2, 0.25) is 0 Å². The Kier molecular flexibility index (Phi) is 6.69. The standard InChI is InChI=1S/C30H36FN2O2S/c31-25-12-7-13-27(18-25)36-28-21-33(16-14-22(28)15-17-33)20-26-19-29(32-35-26)30(34,23-8-3-1-4-9-23)24-10-5-2-6-11-24/h1,3-4,7-9,12-13,18-19,22,24,28,34H,2,5-6,10-11,14-17,20-21H2/q+1/t22?,28-,30-,33?/m0/s1. The molecule has 1 aromatic heterocycles. The van der Waals surface area contributed by atoms with Gasteiger partial charge in [-0.25, -0.2) is 4.39 Å².